The molecule has 0 amide bonds. The van der Waals surface area contributed by atoms with Crippen LogP contribution in [-0.4, -0.2) is 4.57 Å². The van der Waals surface area contributed by atoms with Crippen LogP contribution in [0.1, 0.15) is 5.56 Å². The van der Waals surface area contributed by atoms with Crippen molar-refractivity contribution in [3.63, 3.8) is 0 Å². The molecule has 4 aromatic rings. The first-order valence-corrected chi connectivity index (χ1v) is 7.47. The number of aromatic nitrogens is 2. The van der Waals surface area contributed by atoms with Crippen molar-refractivity contribution in [3.05, 3.63) is 90.9 Å². The van der Waals surface area contributed by atoms with Gasteiger partial charge in [0.15, 0.2) is 11.2 Å². The van der Waals surface area contributed by atoms with E-state index >= 15 is 0 Å². The summed E-state index contributed by atoms with van der Waals surface area (Å²) >= 11 is 0. The molecule has 0 atom stereocenters. The molecule has 4 rings (SSSR count). The Labute approximate surface area is 129 Å². The van der Waals surface area contributed by atoms with Crippen molar-refractivity contribution in [2.75, 3.05) is 0 Å². The zero-order chi connectivity index (χ0) is 14.9. The largest absolute Gasteiger partial charge is 0.254 e. The molecule has 0 aliphatic carbocycles. The lowest BCUT2D eigenvalue weighted by molar-refractivity contribution is -0.511. The molecule has 0 bridgehead atoms. The summed E-state index contributed by atoms with van der Waals surface area (Å²) in [6.45, 7) is 2.11. The Morgan fingerprint density at radius 2 is 1.50 bits per heavy atom. The van der Waals surface area contributed by atoms with Gasteiger partial charge in [-0.25, -0.2) is 4.40 Å². The van der Waals surface area contributed by atoms with Crippen molar-refractivity contribution in [2.24, 2.45) is 0 Å². The Hall–Kier alpha value is -2.87. The van der Waals surface area contributed by atoms with E-state index < -0.39 is 0 Å². The highest BCUT2D eigenvalue weighted by molar-refractivity contribution is 5.76. The molecular weight excluding hydrogens is 268 g/mol. The molecule has 2 nitrogen and oxygen atoms in total. The number of rotatable bonds is 2. The second-order valence-electron chi connectivity index (χ2n) is 5.53. The Balaban J connectivity index is 2.04. The van der Waals surface area contributed by atoms with Crippen LogP contribution in [0.15, 0.2) is 85.3 Å². The average Bonchev–Trinajstić information content (AvgIpc) is 2.96. The van der Waals surface area contributed by atoms with Gasteiger partial charge in [0.05, 0.1) is 6.20 Å². The van der Waals surface area contributed by atoms with Crippen LogP contribution in [0.4, 0.5) is 0 Å². The summed E-state index contributed by atoms with van der Waals surface area (Å²) in [7, 11) is 0. The van der Waals surface area contributed by atoms with Gasteiger partial charge < -0.3 is 0 Å². The monoisotopic (exact) mass is 285 g/mol. The second-order valence-corrected chi connectivity index (χ2v) is 5.53. The van der Waals surface area contributed by atoms with Crippen molar-refractivity contribution in [3.8, 4) is 16.9 Å². The number of hydrogen-bond donors (Lipinski definition) is 0. The van der Waals surface area contributed by atoms with E-state index in [-0.39, 0.29) is 0 Å². The summed E-state index contributed by atoms with van der Waals surface area (Å²) in [4.78, 5) is 0. The van der Waals surface area contributed by atoms with Gasteiger partial charge in [0.2, 0.25) is 0 Å². The molecular formula is C20H17N2+. The van der Waals surface area contributed by atoms with Crippen LogP contribution >= 0.6 is 0 Å². The predicted octanol–water partition coefficient (Wildman–Crippen LogP) is 4.19. The Morgan fingerprint density at radius 1 is 0.773 bits per heavy atom. The van der Waals surface area contributed by atoms with Crippen molar-refractivity contribution in [1.82, 2.24) is 4.57 Å². The molecule has 0 spiro atoms. The van der Waals surface area contributed by atoms with Gasteiger partial charge in [-0.15, -0.1) is 0 Å². The average molecular weight is 285 g/mol. The topological polar surface area (TPSA) is 9.03 Å². The number of benzene rings is 2. The second kappa shape index (κ2) is 5.15. The first-order valence-electron chi connectivity index (χ1n) is 7.47. The van der Waals surface area contributed by atoms with Crippen molar-refractivity contribution < 1.29 is 4.40 Å². The van der Waals surface area contributed by atoms with Crippen LogP contribution in [0, 0.1) is 6.92 Å². The highest BCUT2D eigenvalue weighted by Gasteiger charge is 2.20. The Morgan fingerprint density at radius 3 is 2.27 bits per heavy atom. The maximum Gasteiger partial charge on any atom is 0.254 e. The summed E-state index contributed by atoms with van der Waals surface area (Å²) < 4.78 is 4.42. The van der Waals surface area contributed by atoms with E-state index in [2.05, 4.69) is 101 Å². The highest BCUT2D eigenvalue weighted by Crippen LogP contribution is 2.26. The quantitative estimate of drug-likeness (QED) is 0.488. The van der Waals surface area contributed by atoms with E-state index in [0.29, 0.717) is 0 Å². The third-order valence-electron chi connectivity index (χ3n) is 3.97. The number of hydrogen-bond acceptors (Lipinski definition) is 0. The molecule has 22 heavy (non-hydrogen) atoms. The minimum absolute atomic E-state index is 1.17. The molecule has 0 fully saturated rings. The van der Waals surface area contributed by atoms with Gasteiger partial charge >= 0.3 is 0 Å². The summed E-state index contributed by atoms with van der Waals surface area (Å²) in [6.07, 6.45) is 4.23. The standard InChI is InChI=1S/C20H17N2/c1-16-10-12-18(13-11-16)22-15-21-14-6-5-9-19(21)20(22)17-7-3-2-4-8-17/h2-15H,1H3/q+1. The lowest BCUT2D eigenvalue weighted by Crippen LogP contribution is -2.16. The number of pyridine rings is 1. The summed E-state index contributed by atoms with van der Waals surface area (Å²) in [5.41, 5.74) is 6.08. The maximum absolute atomic E-state index is 2.25. The number of aryl methyl sites for hydroxylation is 1. The molecule has 0 radical (unpaired) electrons. The van der Waals surface area contributed by atoms with E-state index in [0.717, 1.165) is 0 Å². The zero-order valence-electron chi connectivity index (χ0n) is 12.5. The van der Waals surface area contributed by atoms with Gasteiger partial charge in [-0.05, 0) is 31.2 Å². The lowest BCUT2D eigenvalue weighted by atomic mass is 10.1. The normalized spacial score (nSPS) is 11.0. The van der Waals surface area contributed by atoms with Crippen LogP contribution in [-0.2, 0) is 0 Å². The first kappa shape index (κ1) is 12.8. The van der Waals surface area contributed by atoms with Gasteiger partial charge in [0.25, 0.3) is 6.33 Å². The third kappa shape index (κ3) is 2.09. The number of imidazole rings is 1. The van der Waals surface area contributed by atoms with Gasteiger partial charge in [-0.3, -0.25) is 0 Å². The Kier molecular flexibility index (Phi) is 3.01. The molecule has 0 aliphatic heterocycles. The van der Waals surface area contributed by atoms with E-state index in [1.807, 2.05) is 0 Å². The SMILES string of the molecule is Cc1ccc(-n2c[n+]3ccccc3c2-c2ccccc2)cc1. The zero-order valence-corrected chi connectivity index (χ0v) is 12.5. The first-order chi connectivity index (χ1) is 10.8. The van der Waals surface area contributed by atoms with Crippen LogP contribution in [0.5, 0.6) is 0 Å². The predicted molar refractivity (Wildman–Crippen MR) is 89.1 cm³/mol. The molecule has 0 saturated heterocycles. The molecule has 2 heterocycles. The van der Waals surface area contributed by atoms with E-state index in [1.165, 1.54) is 28.0 Å². The minimum atomic E-state index is 1.17. The van der Waals surface area contributed by atoms with Gasteiger partial charge in [0, 0.05) is 5.56 Å². The summed E-state index contributed by atoms with van der Waals surface area (Å²) in [5.74, 6) is 0. The van der Waals surface area contributed by atoms with Crippen molar-refractivity contribution >= 4 is 5.52 Å². The van der Waals surface area contributed by atoms with E-state index in [4.69, 9.17) is 0 Å². The van der Waals surface area contributed by atoms with Crippen molar-refractivity contribution in [1.29, 1.82) is 0 Å². The van der Waals surface area contributed by atoms with E-state index in [1.54, 1.807) is 0 Å². The Bertz CT molecular complexity index is 919. The van der Waals surface area contributed by atoms with Crippen LogP contribution in [0.3, 0.4) is 0 Å². The molecule has 106 valence electrons. The fourth-order valence-corrected chi connectivity index (χ4v) is 2.85. The number of nitrogens with zero attached hydrogens (tertiary/aromatic N) is 2. The summed E-state index contributed by atoms with van der Waals surface area (Å²) in [6, 6.07) is 25.5. The molecule has 2 aromatic heterocycles. The summed E-state index contributed by atoms with van der Waals surface area (Å²) in [5, 5.41) is 0. The molecule has 2 heteroatoms. The molecule has 0 unspecified atom stereocenters. The van der Waals surface area contributed by atoms with E-state index in [9.17, 15) is 0 Å². The molecule has 2 aromatic carbocycles. The third-order valence-corrected chi connectivity index (χ3v) is 3.97. The van der Waals surface area contributed by atoms with Crippen LogP contribution < -0.4 is 4.40 Å². The van der Waals surface area contributed by atoms with Crippen LogP contribution in [0.2, 0.25) is 0 Å². The maximum atomic E-state index is 2.25. The van der Waals surface area contributed by atoms with Crippen LogP contribution in [0.25, 0.3) is 22.5 Å². The number of fused-ring (bicyclic) bond motifs is 1. The minimum Gasteiger partial charge on any atom is -0.201 e. The smallest absolute Gasteiger partial charge is 0.201 e. The van der Waals surface area contributed by atoms with Gasteiger partial charge in [-0.2, -0.15) is 4.57 Å². The molecule has 0 N–H and O–H groups in total. The fourth-order valence-electron chi connectivity index (χ4n) is 2.85. The van der Waals surface area contributed by atoms with Crippen molar-refractivity contribution in [2.45, 2.75) is 6.92 Å². The molecule has 0 saturated carbocycles. The van der Waals surface area contributed by atoms with Gasteiger partial charge in [-0.1, -0.05) is 54.1 Å². The molecule has 0 aliphatic rings. The van der Waals surface area contributed by atoms with Gasteiger partial charge in [0.1, 0.15) is 5.69 Å². The lowest BCUT2D eigenvalue weighted by Gasteiger charge is -2.02. The highest BCUT2D eigenvalue weighted by atomic mass is 15.1. The fraction of sp³-hybridized carbons (Fsp3) is 0.0500.